The third-order valence-electron chi connectivity index (χ3n) is 6.29. The molecule has 0 fully saturated rings. The first-order chi connectivity index (χ1) is 22.3. The monoisotopic (exact) mass is 670 g/mol. The summed E-state index contributed by atoms with van der Waals surface area (Å²) in [4.78, 5) is 9.63. The van der Waals surface area contributed by atoms with Crippen molar-refractivity contribution < 1.29 is 35.8 Å². The number of alkyl halides is 6. The summed E-state index contributed by atoms with van der Waals surface area (Å²) in [5.74, 6) is -0.280. The second-order valence-electron chi connectivity index (χ2n) is 9.83. The number of para-hydroxylation sites is 1. The summed E-state index contributed by atoms with van der Waals surface area (Å²) >= 11 is 1.18. The van der Waals surface area contributed by atoms with Gasteiger partial charge < -0.3 is 9.47 Å². The highest BCUT2D eigenvalue weighted by Gasteiger charge is 2.31. The summed E-state index contributed by atoms with van der Waals surface area (Å²) in [6.45, 7) is 3.84. The van der Waals surface area contributed by atoms with Gasteiger partial charge in [0.2, 0.25) is 0 Å². The van der Waals surface area contributed by atoms with E-state index in [0.717, 1.165) is 22.4 Å². The Labute approximate surface area is 268 Å². The van der Waals surface area contributed by atoms with E-state index in [-0.39, 0.29) is 11.5 Å². The van der Waals surface area contributed by atoms with Crippen molar-refractivity contribution in [3.05, 3.63) is 114 Å². The average Bonchev–Trinajstić information content (AvgIpc) is 3.50. The fraction of sp³-hybridized carbons (Fsp3) is 0.125. The first kappa shape index (κ1) is 33.1. The van der Waals surface area contributed by atoms with Gasteiger partial charge in [-0.3, -0.25) is 5.43 Å². The van der Waals surface area contributed by atoms with Crippen LogP contribution in [0.4, 0.5) is 32.0 Å². The van der Waals surface area contributed by atoms with Crippen LogP contribution >= 0.6 is 11.8 Å². The van der Waals surface area contributed by atoms with Crippen molar-refractivity contribution in [1.82, 2.24) is 20.2 Å². The molecule has 5 aromatic rings. The number of hydrogen-bond donors (Lipinski definition) is 1. The van der Waals surface area contributed by atoms with Gasteiger partial charge in [-0.1, -0.05) is 54.2 Å². The lowest BCUT2D eigenvalue weighted by atomic mass is 10.1. The van der Waals surface area contributed by atoms with Gasteiger partial charge in [-0.25, -0.2) is 14.7 Å². The van der Waals surface area contributed by atoms with Crippen LogP contribution in [0.2, 0.25) is 0 Å². The topological polar surface area (TPSA) is 85.9 Å². The number of aromatic nitrogens is 3. The van der Waals surface area contributed by atoms with Crippen LogP contribution in [0.15, 0.2) is 112 Å². The summed E-state index contributed by atoms with van der Waals surface area (Å²) in [5.41, 5.74) is 7.44. The number of benzene rings is 4. The molecular weight excluding hydrogens is 646 g/mol. The molecule has 47 heavy (non-hydrogen) atoms. The zero-order chi connectivity index (χ0) is 33.6. The fourth-order valence-corrected chi connectivity index (χ4v) is 4.91. The van der Waals surface area contributed by atoms with Crippen LogP contribution in [-0.2, 0) is 0 Å². The molecule has 0 bridgehead atoms. The van der Waals surface area contributed by atoms with Gasteiger partial charge in [0, 0.05) is 10.5 Å². The molecule has 4 aromatic carbocycles. The predicted molar refractivity (Wildman–Crippen MR) is 166 cm³/mol. The molecule has 0 amide bonds. The molecule has 0 saturated heterocycles. The minimum atomic E-state index is -4.79. The number of ether oxygens (including phenoxy) is 2. The van der Waals surface area contributed by atoms with Crippen LogP contribution in [-0.4, -0.2) is 38.9 Å². The van der Waals surface area contributed by atoms with E-state index in [0.29, 0.717) is 27.1 Å². The van der Waals surface area contributed by atoms with Crippen molar-refractivity contribution in [3.8, 4) is 28.6 Å². The Balaban J connectivity index is 1.28. The Morgan fingerprint density at radius 2 is 1.36 bits per heavy atom. The molecule has 0 aliphatic rings. The normalized spacial score (nSPS) is 12.4. The van der Waals surface area contributed by atoms with Gasteiger partial charge in [-0.2, -0.15) is 5.10 Å². The van der Waals surface area contributed by atoms with Gasteiger partial charge in [0.25, 0.3) is 0 Å². The summed E-state index contributed by atoms with van der Waals surface area (Å²) in [6, 6.07) is 23.6. The van der Waals surface area contributed by atoms with E-state index in [4.69, 9.17) is 4.99 Å². The molecule has 15 heteroatoms. The molecule has 0 aliphatic heterocycles. The third kappa shape index (κ3) is 9.59. The van der Waals surface area contributed by atoms with E-state index < -0.39 is 12.7 Å². The van der Waals surface area contributed by atoms with E-state index in [2.05, 4.69) is 30.1 Å². The molecule has 0 aliphatic carbocycles. The maximum atomic E-state index is 12.6. The quantitative estimate of drug-likeness (QED) is 0.0584. The molecule has 8 nitrogen and oxygen atoms in total. The third-order valence-corrected chi connectivity index (χ3v) is 7.18. The zero-order valence-electron chi connectivity index (χ0n) is 24.5. The second-order valence-corrected chi connectivity index (χ2v) is 10.9. The molecule has 0 spiro atoms. The molecule has 0 unspecified atom stereocenters. The molecule has 1 N–H and O–H groups in total. The van der Waals surface area contributed by atoms with Crippen LogP contribution in [0.3, 0.4) is 0 Å². The van der Waals surface area contributed by atoms with Crippen molar-refractivity contribution >= 4 is 28.8 Å². The van der Waals surface area contributed by atoms with Crippen LogP contribution in [0.25, 0.3) is 17.1 Å². The molecule has 0 saturated carbocycles. The number of nitrogens with zero attached hydrogens (tertiary/aromatic N) is 5. The maximum absolute atomic E-state index is 12.6. The molecule has 1 aromatic heterocycles. The molecule has 5 rings (SSSR count). The van der Waals surface area contributed by atoms with E-state index in [1.807, 2.05) is 32.0 Å². The largest absolute Gasteiger partial charge is 0.573 e. The number of hydrogen-bond acceptors (Lipinski definition) is 7. The SMILES string of the molecule is Cc1cccc(C)c1/N=C(/N/N=C/c1ccc(-c2ncn(-c3ccc(OC(F)(F)F)cc3)n2)cc1)Sc1ccc(OC(F)(F)F)cc1. The second kappa shape index (κ2) is 14.0. The lowest BCUT2D eigenvalue weighted by Gasteiger charge is -2.11. The number of amidine groups is 1. The lowest BCUT2D eigenvalue weighted by Crippen LogP contribution is -2.17. The number of halogens is 6. The van der Waals surface area contributed by atoms with Gasteiger partial charge in [0.15, 0.2) is 11.0 Å². The van der Waals surface area contributed by atoms with Crippen LogP contribution in [0, 0.1) is 13.8 Å². The Morgan fingerprint density at radius 1 is 0.787 bits per heavy atom. The number of aliphatic imine (C=N–C) groups is 1. The Hall–Kier alpha value is -5.31. The van der Waals surface area contributed by atoms with E-state index in [9.17, 15) is 26.3 Å². The van der Waals surface area contributed by atoms with Gasteiger partial charge in [-0.05, 0) is 79.1 Å². The van der Waals surface area contributed by atoms with Crippen molar-refractivity contribution in [3.63, 3.8) is 0 Å². The van der Waals surface area contributed by atoms with Gasteiger partial charge in [0.1, 0.15) is 17.8 Å². The highest BCUT2D eigenvalue weighted by Crippen LogP contribution is 2.30. The summed E-state index contributed by atoms with van der Waals surface area (Å²) in [6.07, 6.45) is -6.55. The smallest absolute Gasteiger partial charge is 0.406 e. The number of rotatable bonds is 8. The number of hydrazone groups is 1. The molecule has 242 valence electrons. The highest BCUT2D eigenvalue weighted by atomic mass is 32.2. The van der Waals surface area contributed by atoms with E-state index in [1.54, 1.807) is 30.5 Å². The molecule has 0 radical (unpaired) electrons. The van der Waals surface area contributed by atoms with Crippen molar-refractivity contribution in [2.45, 2.75) is 31.5 Å². The number of nitrogens with one attached hydrogen (secondary N) is 1. The minimum absolute atomic E-state index is 0.333. The maximum Gasteiger partial charge on any atom is 0.573 e. The molecule has 1 heterocycles. The molecular formula is C32H24F6N6O2S. The number of thioether (sulfide) groups is 1. The van der Waals surface area contributed by atoms with E-state index in [1.165, 1.54) is 71.3 Å². The molecule has 0 atom stereocenters. The van der Waals surface area contributed by atoms with Gasteiger partial charge in [-0.15, -0.1) is 31.4 Å². The van der Waals surface area contributed by atoms with Crippen molar-refractivity contribution in [2.24, 2.45) is 10.1 Å². The first-order valence-electron chi connectivity index (χ1n) is 13.7. The standard InChI is InChI=1S/C32H24F6N6O2S/c1-20-4-3-5-21(2)28(20)41-30(47-27-16-14-26(15-17-27)46-32(36,37)38)42-40-18-22-6-8-23(9-7-22)29-39-19-44(43-29)24-10-12-25(13-11-24)45-31(33,34)35/h3-19H,1-2H3,(H,41,42)/b40-18+. The first-order valence-corrected chi connectivity index (χ1v) is 14.5. The predicted octanol–water partition coefficient (Wildman–Crippen LogP) is 8.75. The highest BCUT2D eigenvalue weighted by molar-refractivity contribution is 8.13. The lowest BCUT2D eigenvalue weighted by molar-refractivity contribution is -0.275. The van der Waals surface area contributed by atoms with Crippen LogP contribution in [0.1, 0.15) is 16.7 Å². The number of aryl methyl sites for hydroxylation is 2. The summed E-state index contributed by atoms with van der Waals surface area (Å²) in [5, 5.41) is 9.10. The Kier molecular flexibility index (Phi) is 9.84. The Morgan fingerprint density at radius 3 is 1.94 bits per heavy atom. The van der Waals surface area contributed by atoms with Gasteiger partial charge >= 0.3 is 12.7 Å². The fourth-order valence-electron chi connectivity index (χ4n) is 4.18. The van der Waals surface area contributed by atoms with Crippen LogP contribution in [0.5, 0.6) is 11.5 Å². The summed E-state index contributed by atoms with van der Waals surface area (Å²) in [7, 11) is 0. The Bertz CT molecular complexity index is 1850. The van der Waals surface area contributed by atoms with Crippen molar-refractivity contribution in [2.75, 3.05) is 0 Å². The van der Waals surface area contributed by atoms with Gasteiger partial charge in [0.05, 0.1) is 17.6 Å². The summed E-state index contributed by atoms with van der Waals surface area (Å²) < 4.78 is 84.2. The van der Waals surface area contributed by atoms with E-state index >= 15 is 0 Å². The average molecular weight is 671 g/mol. The minimum Gasteiger partial charge on any atom is -0.406 e. The van der Waals surface area contributed by atoms with Crippen LogP contribution < -0.4 is 14.9 Å². The zero-order valence-corrected chi connectivity index (χ0v) is 25.4. The van der Waals surface area contributed by atoms with Crippen molar-refractivity contribution in [1.29, 1.82) is 0 Å².